The van der Waals surface area contributed by atoms with Crippen molar-refractivity contribution in [2.45, 2.75) is 6.42 Å². The molecular formula is C10H16N2. The van der Waals surface area contributed by atoms with E-state index in [1.165, 1.54) is 11.8 Å². The normalized spacial score (nSPS) is 8.08. The molecule has 0 aliphatic carbocycles. The molecule has 0 unspecified atom stereocenters. The third-order valence-electron chi connectivity index (χ3n) is 1.28. The average Bonchev–Trinajstić information content (AvgIpc) is 2.08. The quantitative estimate of drug-likeness (QED) is 0.691. The van der Waals surface area contributed by atoms with Gasteiger partial charge in [0.15, 0.2) is 0 Å². The van der Waals surface area contributed by atoms with Gasteiger partial charge in [0.1, 0.15) is 0 Å². The Bertz CT molecular complexity index is 194. The van der Waals surface area contributed by atoms with Crippen molar-refractivity contribution in [2.24, 2.45) is 11.5 Å². The summed E-state index contributed by atoms with van der Waals surface area (Å²) in [6, 6.07) is 10.3. The minimum atomic E-state index is 0.740. The maximum atomic E-state index is 5.36. The Morgan fingerprint density at radius 2 is 1.75 bits per heavy atom. The van der Waals surface area contributed by atoms with Crippen LogP contribution in [0.25, 0.3) is 0 Å². The summed E-state index contributed by atoms with van der Waals surface area (Å²) in [6.45, 7) is 3.88. The van der Waals surface area contributed by atoms with E-state index >= 15 is 0 Å². The molecule has 0 aromatic heterocycles. The first-order valence-corrected chi connectivity index (χ1v) is 3.91. The highest BCUT2D eigenvalue weighted by atomic mass is 14.5. The summed E-state index contributed by atoms with van der Waals surface area (Å²) in [4.78, 5) is 0. The molecule has 0 aliphatic rings. The van der Waals surface area contributed by atoms with Gasteiger partial charge in [-0.05, 0) is 24.7 Å². The minimum absolute atomic E-state index is 0.740. The third kappa shape index (κ3) is 5.50. The second-order valence-electron chi connectivity index (χ2n) is 2.26. The van der Waals surface area contributed by atoms with Crippen molar-refractivity contribution in [3.05, 3.63) is 48.7 Å². The molecule has 1 rings (SSSR count). The van der Waals surface area contributed by atoms with Gasteiger partial charge in [0.25, 0.3) is 0 Å². The van der Waals surface area contributed by atoms with Gasteiger partial charge in [0.2, 0.25) is 0 Å². The van der Waals surface area contributed by atoms with Crippen LogP contribution in [0.5, 0.6) is 0 Å². The summed E-state index contributed by atoms with van der Waals surface area (Å²) in [7, 11) is 0. The molecule has 0 atom stereocenters. The molecule has 1 aromatic carbocycles. The Kier molecular flexibility index (Phi) is 6.99. The predicted molar refractivity (Wildman–Crippen MR) is 53.6 cm³/mol. The first-order chi connectivity index (χ1) is 5.85. The van der Waals surface area contributed by atoms with E-state index in [0.29, 0.717) is 0 Å². The number of hydrogen-bond donors (Lipinski definition) is 2. The second-order valence-corrected chi connectivity index (χ2v) is 2.26. The van der Waals surface area contributed by atoms with Crippen LogP contribution in [0.15, 0.2) is 43.1 Å². The third-order valence-corrected chi connectivity index (χ3v) is 1.28. The number of rotatable bonds is 2. The van der Waals surface area contributed by atoms with Crippen LogP contribution < -0.4 is 11.5 Å². The van der Waals surface area contributed by atoms with E-state index in [1.807, 2.05) is 18.2 Å². The van der Waals surface area contributed by atoms with Crippen LogP contribution >= 0.6 is 0 Å². The summed E-state index contributed by atoms with van der Waals surface area (Å²) < 4.78 is 0. The summed E-state index contributed by atoms with van der Waals surface area (Å²) in [5.74, 6) is 0. The Balaban J connectivity index is 0.000000354. The van der Waals surface area contributed by atoms with Gasteiger partial charge >= 0.3 is 0 Å². The fourth-order valence-corrected chi connectivity index (χ4v) is 0.811. The van der Waals surface area contributed by atoms with Gasteiger partial charge in [0.05, 0.1) is 0 Å². The number of benzene rings is 1. The van der Waals surface area contributed by atoms with Crippen molar-refractivity contribution in [1.82, 2.24) is 0 Å². The van der Waals surface area contributed by atoms with E-state index in [4.69, 9.17) is 5.73 Å². The van der Waals surface area contributed by atoms with E-state index in [9.17, 15) is 0 Å². The maximum absolute atomic E-state index is 5.36. The molecular weight excluding hydrogens is 148 g/mol. The molecule has 0 heterocycles. The van der Waals surface area contributed by atoms with E-state index < -0.39 is 0 Å². The molecule has 0 saturated carbocycles. The fourth-order valence-electron chi connectivity index (χ4n) is 0.811. The topological polar surface area (TPSA) is 52.0 Å². The lowest BCUT2D eigenvalue weighted by atomic mass is 10.2. The van der Waals surface area contributed by atoms with Gasteiger partial charge in [-0.25, -0.2) is 0 Å². The van der Waals surface area contributed by atoms with Crippen molar-refractivity contribution in [3.8, 4) is 0 Å². The van der Waals surface area contributed by atoms with Crippen LogP contribution in [-0.2, 0) is 6.42 Å². The van der Waals surface area contributed by atoms with Crippen molar-refractivity contribution >= 4 is 0 Å². The molecule has 1 aromatic rings. The molecule has 2 heteroatoms. The zero-order valence-corrected chi connectivity index (χ0v) is 7.24. The summed E-state index contributed by atoms with van der Waals surface area (Å²) in [6.07, 6.45) is 2.24. The van der Waals surface area contributed by atoms with Gasteiger partial charge in [-0.3, -0.25) is 0 Å². The molecule has 0 fully saturated rings. The van der Waals surface area contributed by atoms with Crippen molar-refractivity contribution in [1.29, 1.82) is 0 Å². The van der Waals surface area contributed by atoms with E-state index in [1.54, 1.807) is 0 Å². The van der Waals surface area contributed by atoms with E-state index in [0.717, 1.165) is 13.0 Å². The monoisotopic (exact) mass is 164 g/mol. The second kappa shape index (κ2) is 7.82. The summed E-state index contributed by atoms with van der Waals surface area (Å²) >= 11 is 0. The van der Waals surface area contributed by atoms with Crippen LogP contribution in [0.2, 0.25) is 0 Å². The molecule has 0 saturated heterocycles. The van der Waals surface area contributed by atoms with Gasteiger partial charge in [-0.1, -0.05) is 36.9 Å². The average molecular weight is 164 g/mol. The Morgan fingerprint density at radius 3 is 2.17 bits per heavy atom. The largest absolute Gasteiger partial charge is 0.405 e. The predicted octanol–water partition coefficient (Wildman–Crippen LogP) is 1.28. The van der Waals surface area contributed by atoms with Gasteiger partial charge < -0.3 is 11.5 Å². The standard InChI is InChI=1S/C8H11N.C2H5N/c9-7-6-8-4-2-1-3-5-8;1-2-3/h1-5H,6-7,9H2;2H,1,3H2. The fraction of sp³-hybridized carbons (Fsp3) is 0.200. The highest BCUT2D eigenvalue weighted by molar-refractivity contribution is 5.14. The first-order valence-electron chi connectivity index (χ1n) is 3.91. The highest BCUT2D eigenvalue weighted by Gasteiger charge is 1.84. The van der Waals surface area contributed by atoms with Gasteiger partial charge in [-0.15, -0.1) is 0 Å². The van der Waals surface area contributed by atoms with Crippen molar-refractivity contribution in [3.63, 3.8) is 0 Å². The number of hydrogen-bond acceptors (Lipinski definition) is 2. The zero-order valence-electron chi connectivity index (χ0n) is 7.24. The van der Waals surface area contributed by atoms with Crippen LogP contribution in [0, 0.1) is 0 Å². The molecule has 2 nitrogen and oxygen atoms in total. The molecule has 0 bridgehead atoms. The lowest BCUT2D eigenvalue weighted by Gasteiger charge is -1.93. The first kappa shape index (κ1) is 10.7. The van der Waals surface area contributed by atoms with E-state index in [-0.39, 0.29) is 0 Å². The molecule has 0 aliphatic heterocycles. The van der Waals surface area contributed by atoms with Crippen molar-refractivity contribution < 1.29 is 0 Å². The molecule has 12 heavy (non-hydrogen) atoms. The highest BCUT2D eigenvalue weighted by Crippen LogP contribution is 1.96. The molecule has 4 N–H and O–H groups in total. The molecule has 66 valence electrons. The molecule has 0 amide bonds. The SMILES string of the molecule is C=CN.NCCc1ccccc1. The summed E-state index contributed by atoms with van der Waals surface area (Å²) in [5, 5.41) is 0. The van der Waals surface area contributed by atoms with Gasteiger partial charge in [-0.2, -0.15) is 0 Å². The lowest BCUT2D eigenvalue weighted by Crippen LogP contribution is -2.01. The van der Waals surface area contributed by atoms with Gasteiger partial charge in [0, 0.05) is 0 Å². The van der Waals surface area contributed by atoms with Crippen LogP contribution in [-0.4, -0.2) is 6.54 Å². The Labute approximate surface area is 73.9 Å². The smallest absolute Gasteiger partial charge is 0.00367 e. The summed E-state index contributed by atoms with van der Waals surface area (Å²) in [5.41, 5.74) is 11.3. The maximum Gasteiger partial charge on any atom is -0.00367 e. The van der Waals surface area contributed by atoms with Crippen LogP contribution in [0.4, 0.5) is 0 Å². The molecule has 0 radical (unpaired) electrons. The minimum Gasteiger partial charge on any atom is -0.405 e. The van der Waals surface area contributed by atoms with E-state index in [2.05, 4.69) is 24.4 Å². The number of nitrogens with two attached hydrogens (primary N) is 2. The Morgan fingerprint density at radius 1 is 1.25 bits per heavy atom. The lowest BCUT2D eigenvalue weighted by molar-refractivity contribution is 0.969. The van der Waals surface area contributed by atoms with Crippen LogP contribution in [0.3, 0.4) is 0 Å². The molecule has 0 spiro atoms. The van der Waals surface area contributed by atoms with Crippen molar-refractivity contribution in [2.75, 3.05) is 6.54 Å². The zero-order chi connectivity index (χ0) is 9.23. The van der Waals surface area contributed by atoms with Crippen LogP contribution in [0.1, 0.15) is 5.56 Å². The Hall–Kier alpha value is -1.28.